The molecular formula is C15H14ClFO2. The van der Waals surface area contributed by atoms with Crippen LogP contribution in [0.3, 0.4) is 0 Å². The molecule has 0 aliphatic carbocycles. The highest BCUT2D eigenvalue weighted by atomic mass is 35.5. The minimum atomic E-state index is -0.259. The summed E-state index contributed by atoms with van der Waals surface area (Å²) >= 11 is 5.79. The number of halogens is 2. The van der Waals surface area contributed by atoms with Crippen LogP contribution in [0.2, 0.25) is 0 Å². The standard InChI is InChI=1S/C15H14ClFO2/c1-18-14-7-4-12(9-16)8-15(14)19-10-11-2-5-13(17)6-3-11/h2-8H,9-10H2,1H3. The van der Waals surface area contributed by atoms with E-state index in [1.165, 1.54) is 12.1 Å². The zero-order chi connectivity index (χ0) is 13.7. The highest BCUT2D eigenvalue weighted by Gasteiger charge is 2.06. The summed E-state index contributed by atoms with van der Waals surface area (Å²) in [5.41, 5.74) is 1.84. The van der Waals surface area contributed by atoms with Gasteiger partial charge in [-0.05, 0) is 35.4 Å². The monoisotopic (exact) mass is 280 g/mol. The molecule has 0 aliphatic rings. The molecule has 0 radical (unpaired) electrons. The van der Waals surface area contributed by atoms with E-state index in [9.17, 15) is 4.39 Å². The molecule has 0 heterocycles. The Morgan fingerprint density at radius 2 is 1.68 bits per heavy atom. The second kappa shape index (κ2) is 6.43. The van der Waals surface area contributed by atoms with Gasteiger partial charge in [-0.2, -0.15) is 0 Å². The average Bonchev–Trinajstić information content (AvgIpc) is 2.46. The van der Waals surface area contributed by atoms with Crippen LogP contribution in [0.1, 0.15) is 11.1 Å². The van der Waals surface area contributed by atoms with Gasteiger partial charge >= 0.3 is 0 Å². The van der Waals surface area contributed by atoms with Gasteiger partial charge in [0.15, 0.2) is 11.5 Å². The first kappa shape index (κ1) is 13.7. The third-order valence-corrected chi connectivity index (χ3v) is 3.00. The first-order chi connectivity index (χ1) is 9.22. The minimum Gasteiger partial charge on any atom is -0.493 e. The Morgan fingerprint density at radius 1 is 1.00 bits per heavy atom. The van der Waals surface area contributed by atoms with Gasteiger partial charge in [-0.15, -0.1) is 11.6 Å². The van der Waals surface area contributed by atoms with Crippen LogP contribution in [0.25, 0.3) is 0 Å². The molecular weight excluding hydrogens is 267 g/mol. The van der Waals surface area contributed by atoms with E-state index in [4.69, 9.17) is 21.1 Å². The van der Waals surface area contributed by atoms with Crippen LogP contribution in [0.4, 0.5) is 4.39 Å². The van der Waals surface area contributed by atoms with E-state index in [-0.39, 0.29) is 5.82 Å². The van der Waals surface area contributed by atoms with E-state index < -0.39 is 0 Å². The van der Waals surface area contributed by atoms with Gasteiger partial charge in [0, 0.05) is 5.88 Å². The average molecular weight is 281 g/mol. The van der Waals surface area contributed by atoms with E-state index in [1.807, 2.05) is 18.2 Å². The SMILES string of the molecule is COc1ccc(CCl)cc1OCc1ccc(F)cc1. The number of hydrogen-bond acceptors (Lipinski definition) is 2. The summed E-state index contributed by atoms with van der Waals surface area (Å²) in [4.78, 5) is 0. The number of hydrogen-bond donors (Lipinski definition) is 0. The molecule has 0 saturated heterocycles. The predicted octanol–water partition coefficient (Wildman–Crippen LogP) is 4.15. The van der Waals surface area contributed by atoms with Crippen LogP contribution < -0.4 is 9.47 Å². The zero-order valence-corrected chi connectivity index (χ0v) is 11.3. The summed E-state index contributed by atoms with van der Waals surface area (Å²) in [5, 5.41) is 0. The first-order valence-electron chi connectivity index (χ1n) is 5.83. The smallest absolute Gasteiger partial charge is 0.161 e. The molecule has 2 aromatic rings. The predicted molar refractivity (Wildman–Crippen MR) is 73.3 cm³/mol. The van der Waals surface area contributed by atoms with E-state index in [0.29, 0.717) is 24.0 Å². The van der Waals surface area contributed by atoms with Crippen molar-refractivity contribution in [3.63, 3.8) is 0 Å². The highest BCUT2D eigenvalue weighted by Crippen LogP contribution is 2.29. The van der Waals surface area contributed by atoms with Crippen molar-refractivity contribution in [2.75, 3.05) is 7.11 Å². The molecule has 0 amide bonds. The molecule has 0 atom stereocenters. The van der Waals surface area contributed by atoms with Crippen LogP contribution in [0.5, 0.6) is 11.5 Å². The number of methoxy groups -OCH3 is 1. The zero-order valence-electron chi connectivity index (χ0n) is 10.5. The Bertz CT molecular complexity index is 540. The molecule has 2 rings (SSSR count). The second-order valence-electron chi connectivity index (χ2n) is 4.03. The fraction of sp³-hybridized carbons (Fsp3) is 0.200. The maximum absolute atomic E-state index is 12.8. The lowest BCUT2D eigenvalue weighted by atomic mass is 10.2. The van der Waals surface area contributed by atoms with Gasteiger partial charge in [0.05, 0.1) is 7.11 Å². The topological polar surface area (TPSA) is 18.5 Å². The summed E-state index contributed by atoms with van der Waals surface area (Å²) in [6.07, 6.45) is 0. The van der Waals surface area contributed by atoms with Gasteiger partial charge in [-0.3, -0.25) is 0 Å². The van der Waals surface area contributed by atoms with Crippen molar-refractivity contribution in [2.45, 2.75) is 12.5 Å². The Kier molecular flexibility index (Phi) is 4.63. The summed E-state index contributed by atoms with van der Waals surface area (Å²) in [7, 11) is 1.58. The van der Waals surface area contributed by atoms with Crippen molar-refractivity contribution >= 4 is 11.6 Å². The summed E-state index contributed by atoms with van der Waals surface area (Å²) in [5.74, 6) is 1.43. The van der Waals surface area contributed by atoms with Crippen molar-refractivity contribution in [1.82, 2.24) is 0 Å². The molecule has 0 aliphatic heterocycles. The van der Waals surface area contributed by atoms with Crippen LogP contribution in [-0.4, -0.2) is 7.11 Å². The fourth-order valence-electron chi connectivity index (χ4n) is 1.66. The number of benzene rings is 2. The lowest BCUT2D eigenvalue weighted by molar-refractivity contribution is 0.284. The first-order valence-corrected chi connectivity index (χ1v) is 6.36. The number of ether oxygens (including phenoxy) is 2. The van der Waals surface area contributed by atoms with Gasteiger partial charge in [-0.1, -0.05) is 18.2 Å². The van der Waals surface area contributed by atoms with Gasteiger partial charge < -0.3 is 9.47 Å². The van der Waals surface area contributed by atoms with Gasteiger partial charge in [0.25, 0.3) is 0 Å². The molecule has 0 fully saturated rings. The third kappa shape index (κ3) is 3.61. The van der Waals surface area contributed by atoms with Gasteiger partial charge in [-0.25, -0.2) is 4.39 Å². The van der Waals surface area contributed by atoms with Crippen molar-refractivity contribution < 1.29 is 13.9 Å². The van der Waals surface area contributed by atoms with Crippen molar-refractivity contribution in [1.29, 1.82) is 0 Å². The summed E-state index contributed by atoms with van der Waals surface area (Å²) in [6, 6.07) is 11.7. The lowest BCUT2D eigenvalue weighted by Gasteiger charge is -2.11. The lowest BCUT2D eigenvalue weighted by Crippen LogP contribution is -1.98. The number of alkyl halides is 1. The van der Waals surface area contributed by atoms with Crippen molar-refractivity contribution in [2.24, 2.45) is 0 Å². The Morgan fingerprint density at radius 3 is 2.32 bits per heavy atom. The molecule has 19 heavy (non-hydrogen) atoms. The number of rotatable bonds is 5. The minimum absolute atomic E-state index is 0.259. The molecule has 0 N–H and O–H groups in total. The molecule has 2 nitrogen and oxygen atoms in total. The summed E-state index contributed by atoms with van der Waals surface area (Å²) in [6.45, 7) is 0.350. The van der Waals surface area contributed by atoms with E-state index in [0.717, 1.165) is 11.1 Å². The Labute approximate surface area is 116 Å². The Hall–Kier alpha value is -1.74. The van der Waals surface area contributed by atoms with Crippen LogP contribution in [-0.2, 0) is 12.5 Å². The van der Waals surface area contributed by atoms with Crippen LogP contribution >= 0.6 is 11.6 Å². The maximum atomic E-state index is 12.8. The van der Waals surface area contributed by atoms with E-state index in [1.54, 1.807) is 19.2 Å². The molecule has 0 bridgehead atoms. The Balaban J connectivity index is 2.11. The maximum Gasteiger partial charge on any atom is 0.161 e. The van der Waals surface area contributed by atoms with Crippen molar-refractivity contribution in [3.8, 4) is 11.5 Å². The molecule has 0 aromatic heterocycles. The van der Waals surface area contributed by atoms with Gasteiger partial charge in [0.1, 0.15) is 12.4 Å². The van der Waals surface area contributed by atoms with E-state index >= 15 is 0 Å². The molecule has 0 saturated carbocycles. The third-order valence-electron chi connectivity index (χ3n) is 2.69. The van der Waals surface area contributed by atoms with Crippen LogP contribution in [0.15, 0.2) is 42.5 Å². The van der Waals surface area contributed by atoms with E-state index in [2.05, 4.69) is 0 Å². The molecule has 0 unspecified atom stereocenters. The van der Waals surface area contributed by atoms with Crippen molar-refractivity contribution in [3.05, 3.63) is 59.4 Å². The van der Waals surface area contributed by atoms with Crippen LogP contribution in [0, 0.1) is 5.82 Å². The molecule has 2 aromatic carbocycles. The quantitative estimate of drug-likeness (QED) is 0.766. The van der Waals surface area contributed by atoms with Gasteiger partial charge in [0.2, 0.25) is 0 Å². The molecule has 100 valence electrons. The molecule has 0 spiro atoms. The molecule has 4 heteroatoms. The highest BCUT2D eigenvalue weighted by molar-refractivity contribution is 6.17. The fourth-order valence-corrected chi connectivity index (χ4v) is 1.82. The second-order valence-corrected chi connectivity index (χ2v) is 4.30. The summed E-state index contributed by atoms with van der Waals surface area (Å²) < 4.78 is 23.7. The normalized spacial score (nSPS) is 10.3. The largest absolute Gasteiger partial charge is 0.493 e.